The minimum atomic E-state index is -0.196. The Morgan fingerprint density at radius 2 is 2.50 bits per heavy atom. The molecule has 8 heteroatoms. The number of aromatic nitrogens is 4. The normalized spacial score (nSPS) is 19.9. The molecule has 3 heterocycles. The molecule has 1 atom stereocenters. The zero-order chi connectivity index (χ0) is 13.9. The number of hydrogen-bond donors (Lipinski definition) is 1. The lowest BCUT2D eigenvalue weighted by molar-refractivity contribution is -0.0334. The molecule has 3 rings (SSSR count). The predicted octanol–water partition coefficient (Wildman–Crippen LogP) is 0.725. The van der Waals surface area contributed by atoms with E-state index in [0.717, 1.165) is 19.6 Å². The summed E-state index contributed by atoms with van der Waals surface area (Å²) in [4.78, 5) is 6.58. The molecule has 2 aromatic rings. The van der Waals surface area contributed by atoms with Gasteiger partial charge in [0.2, 0.25) is 5.82 Å². The van der Waals surface area contributed by atoms with E-state index >= 15 is 0 Å². The maximum atomic E-state index is 8.95. The fourth-order valence-electron chi connectivity index (χ4n) is 2.15. The Morgan fingerprint density at radius 3 is 3.30 bits per heavy atom. The highest BCUT2D eigenvalue weighted by molar-refractivity contribution is 5.59. The first kappa shape index (κ1) is 12.8. The fourth-order valence-corrected chi connectivity index (χ4v) is 2.15. The van der Waals surface area contributed by atoms with Crippen molar-refractivity contribution >= 4 is 0 Å². The van der Waals surface area contributed by atoms with Gasteiger partial charge in [-0.3, -0.25) is 10.00 Å². The zero-order valence-corrected chi connectivity index (χ0v) is 11.0. The van der Waals surface area contributed by atoms with Crippen molar-refractivity contribution in [1.82, 2.24) is 25.2 Å². The molecule has 20 heavy (non-hydrogen) atoms. The van der Waals surface area contributed by atoms with Crippen LogP contribution in [-0.4, -0.2) is 51.5 Å². The van der Waals surface area contributed by atoms with Gasteiger partial charge in [-0.25, -0.2) is 0 Å². The molecule has 0 radical (unpaired) electrons. The summed E-state index contributed by atoms with van der Waals surface area (Å²) in [5, 5.41) is 19.3. The number of nitrogens with one attached hydrogen (secondary N) is 1. The van der Waals surface area contributed by atoms with E-state index in [2.05, 4.69) is 32.2 Å². The molecule has 1 unspecified atom stereocenters. The molecular formula is C12H14N6O2. The number of rotatable bonds is 3. The first-order chi connectivity index (χ1) is 9.81. The predicted molar refractivity (Wildman–Crippen MR) is 67.4 cm³/mol. The molecule has 0 aliphatic carbocycles. The maximum Gasteiger partial charge on any atom is 0.262 e. The van der Waals surface area contributed by atoms with Crippen LogP contribution in [0.2, 0.25) is 0 Å². The summed E-state index contributed by atoms with van der Waals surface area (Å²) < 4.78 is 10.9. The molecule has 0 saturated carbocycles. The van der Waals surface area contributed by atoms with Crippen molar-refractivity contribution in [1.29, 1.82) is 5.26 Å². The van der Waals surface area contributed by atoms with Crippen molar-refractivity contribution in [3.05, 3.63) is 17.7 Å². The third kappa shape index (κ3) is 2.29. The van der Waals surface area contributed by atoms with Gasteiger partial charge in [-0.1, -0.05) is 12.1 Å². The third-order valence-corrected chi connectivity index (χ3v) is 3.31. The van der Waals surface area contributed by atoms with E-state index in [4.69, 9.17) is 14.5 Å². The van der Waals surface area contributed by atoms with E-state index in [1.54, 1.807) is 0 Å². The number of hydrogen-bond acceptors (Lipinski definition) is 7. The summed E-state index contributed by atoms with van der Waals surface area (Å²) in [6.45, 7) is 5.38. The van der Waals surface area contributed by atoms with E-state index in [1.165, 1.54) is 6.20 Å². The summed E-state index contributed by atoms with van der Waals surface area (Å²) in [6.07, 6.45) is 1.30. The van der Waals surface area contributed by atoms with Crippen LogP contribution >= 0.6 is 0 Å². The largest absolute Gasteiger partial charge is 0.367 e. The van der Waals surface area contributed by atoms with Gasteiger partial charge in [0.15, 0.2) is 0 Å². The molecular weight excluding hydrogens is 260 g/mol. The number of morpholine rings is 1. The first-order valence-electron chi connectivity index (χ1n) is 6.43. The van der Waals surface area contributed by atoms with Gasteiger partial charge in [0.1, 0.15) is 17.9 Å². The Balaban J connectivity index is 1.82. The van der Waals surface area contributed by atoms with Crippen LogP contribution in [-0.2, 0) is 4.74 Å². The molecule has 0 aromatic carbocycles. The van der Waals surface area contributed by atoms with E-state index in [9.17, 15) is 0 Å². The van der Waals surface area contributed by atoms with Crippen molar-refractivity contribution in [2.45, 2.75) is 13.0 Å². The van der Waals surface area contributed by atoms with E-state index in [-0.39, 0.29) is 12.0 Å². The standard InChI is InChI=1S/C12H14N6O2/c1-2-18-3-4-19-10(7-18)11-15-12(20-17-11)8-6-14-16-9(8)5-13/h6,10H,2-4,7H2,1H3,(H,14,16). The average Bonchev–Trinajstić information content (AvgIpc) is 3.15. The van der Waals surface area contributed by atoms with Gasteiger partial charge in [0.25, 0.3) is 5.89 Å². The second kappa shape index (κ2) is 5.40. The van der Waals surface area contributed by atoms with Crippen LogP contribution in [0, 0.1) is 11.3 Å². The van der Waals surface area contributed by atoms with Crippen LogP contribution in [0.5, 0.6) is 0 Å². The van der Waals surface area contributed by atoms with Crippen molar-refractivity contribution < 1.29 is 9.26 Å². The number of ether oxygens (including phenoxy) is 1. The summed E-state index contributed by atoms with van der Waals surface area (Å²) in [5.41, 5.74) is 0.814. The lowest BCUT2D eigenvalue weighted by Crippen LogP contribution is -2.38. The summed E-state index contributed by atoms with van der Waals surface area (Å²) in [5.74, 6) is 0.783. The first-order valence-corrected chi connectivity index (χ1v) is 6.43. The Bertz CT molecular complexity index is 628. The molecule has 0 amide bonds. The quantitative estimate of drug-likeness (QED) is 0.879. The van der Waals surface area contributed by atoms with Crippen LogP contribution in [0.1, 0.15) is 24.5 Å². The lowest BCUT2D eigenvalue weighted by atomic mass is 10.2. The second-order valence-corrected chi connectivity index (χ2v) is 4.48. The van der Waals surface area contributed by atoms with Crippen molar-refractivity contribution in [3.63, 3.8) is 0 Å². The minimum absolute atomic E-state index is 0.196. The average molecular weight is 274 g/mol. The molecule has 2 aromatic heterocycles. The topological polar surface area (TPSA) is 104 Å². The summed E-state index contributed by atoms with van der Waals surface area (Å²) in [7, 11) is 0. The molecule has 1 fully saturated rings. The van der Waals surface area contributed by atoms with Crippen LogP contribution in [0.15, 0.2) is 10.7 Å². The molecule has 104 valence electrons. The molecule has 1 aliphatic heterocycles. The van der Waals surface area contributed by atoms with Crippen molar-refractivity contribution in [2.75, 3.05) is 26.2 Å². The van der Waals surface area contributed by atoms with Crippen LogP contribution in [0.3, 0.4) is 0 Å². The number of aromatic amines is 1. The summed E-state index contributed by atoms with van der Waals surface area (Å²) in [6, 6.07) is 1.99. The van der Waals surface area contributed by atoms with Gasteiger partial charge in [-0.2, -0.15) is 15.3 Å². The maximum absolute atomic E-state index is 8.95. The lowest BCUT2D eigenvalue weighted by Gasteiger charge is -2.30. The molecule has 1 aliphatic rings. The minimum Gasteiger partial charge on any atom is -0.367 e. The monoisotopic (exact) mass is 274 g/mol. The van der Waals surface area contributed by atoms with E-state index in [1.807, 2.05) is 6.07 Å². The Labute approximate surface area is 115 Å². The molecule has 0 bridgehead atoms. The van der Waals surface area contributed by atoms with Gasteiger partial charge in [-0.05, 0) is 6.54 Å². The Morgan fingerprint density at radius 1 is 1.60 bits per heavy atom. The van der Waals surface area contributed by atoms with Crippen molar-refractivity contribution in [2.24, 2.45) is 0 Å². The highest BCUT2D eigenvalue weighted by Crippen LogP contribution is 2.24. The zero-order valence-electron chi connectivity index (χ0n) is 11.0. The van der Waals surface area contributed by atoms with E-state index < -0.39 is 0 Å². The summed E-state index contributed by atoms with van der Waals surface area (Å²) >= 11 is 0. The molecule has 8 nitrogen and oxygen atoms in total. The Kier molecular flexibility index (Phi) is 3.45. The molecule has 1 saturated heterocycles. The number of nitriles is 1. The fraction of sp³-hybridized carbons (Fsp3) is 0.500. The van der Waals surface area contributed by atoms with Gasteiger partial charge >= 0.3 is 0 Å². The van der Waals surface area contributed by atoms with Gasteiger partial charge in [0, 0.05) is 13.1 Å². The molecule has 0 spiro atoms. The smallest absolute Gasteiger partial charge is 0.262 e. The van der Waals surface area contributed by atoms with Crippen molar-refractivity contribution in [3.8, 4) is 17.5 Å². The van der Waals surface area contributed by atoms with Crippen LogP contribution < -0.4 is 0 Å². The SMILES string of the molecule is CCN1CCOC(c2noc(-c3cn[nH]c3C#N)n2)C1. The third-order valence-electron chi connectivity index (χ3n) is 3.31. The highest BCUT2D eigenvalue weighted by atomic mass is 16.5. The van der Waals surface area contributed by atoms with Gasteiger partial charge in [0.05, 0.1) is 18.4 Å². The number of likely N-dealkylation sites (N-methyl/N-ethyl adjacent to an activating group) is 1. The van der Waals surface area contributed by atoms with Crippen LogP contribution in [0.4, 0.5) is 0 Å². The molecule has 1 N–H and O–H groups in total. The Hall–Kier alpha value is -2.24. The second-order valence-electron chi connectivity index (χ2n) is 4.48. The number of nitrogens with zero attached hydrogens (tertiary/aromatic N) is 5. The van der Waals surface area contributed by atoms with E-state index in [0.29, 0.717) is 23.7 Å². The van der Waals surface area contributed by atoms with Crippen LogP contribution in [0.25, 0.3) is 11.5 Å². The highest BCUT2D eigenvalue weighted by Gasteiger charge is 2.26. The van der Waals surface area contributed by atoms with Gasteiger partial charge in [-0.15, -0.1) is 0 Å². The van der Waals surface area contributed by atoms with Gasteiger partial charge < -0.3 is 9.26 Å². The number of H-pyrrole nitrogens is 1.